The second-order valence-electron chi connectivity index (χ2n) is 7.14. The van der Waals surface area contributed by atoms with Crippen LogP contribution >= 0.6 is 0 Å². The predicted molar refractivity (Wildman–Crippen MR) is 110 cm³/mol. The molecule has 0 aliphatic carbocycles. The number of fused-ring (bicyclic) bond motifs is 1. The van der Waals surface area contributed by atoms with E-state index < -0.39 is 0 Å². The zero-order chi connectivity index (χ0) is 18.4. The fraction of sp³-hybridized carbons (Fsp3) is 0.364. The topological polar surface area (TPSA) is 53.6 Å². The molecule has 0 radical (unpaired) electrons. The number of pyridine rings is 1. The third-order valence-corrected chi connectivity index (χ3v) is 4.84. The molecule has 0 spiro atoms. The van der Waals surface area contributed by atoms with Gasteiger partial charge in [-0.15, -0.1) is 0 Å². The van der Waals surface area contributed by atoms with Crippen LogP contribution in [0.4, 0.5) is 0 Å². The number of H-pyrrole nitrogens is 1. The summed E-state index contributed by atoms with van der Waals surface area (Å²) in [6.45, 7) is 10.8. The van der Waals surface area contributed by atoms with Gasteiger partial charge in [0.25, 0.3) is 0 Å². The number of rotatable bonds is 2. The molecule has 3 aromatic rings. The first kappa shape index (κ1) is 18.3. The maximum Gasteiger partial charge on any atom is 0.0702 e. The number of nitrogens with zero attached hydrogens (tertiary/aromatic N) is 2. The fourth-order valence-corrected chi connectivity index (χ4v) is 3.27. The molecule has 1 atom stereocenters. The molecule has 1 saturated heterocycles. The Balaban J connectivity index is 0.000000206. The van der Waals surface area contributed by atoms with Gasteiger partial charge in [-0.05, 0) is 74.5 Å². The number of aromatic amines is 1. The Morgan fingerprint density at radius 3 is 2.92 bits per heavy atom. The highest BCUT2D eigenvalue weighted by Crippen LogP contribution is 2.28. The van der Waals surface area contributed by atoms with Crippen molar-refractivity contribution >= 4 is 16.5 Å². The Bertz CT molecular complexity index is 857. The van der Waals surface area contributed by atoms with Crippen molar-refractivity contribution in [2.24, 2.45) is 5.92 Å². The van der Waals surface area contributed by atoms with Crippen molar-refractivity contribution in [1.29, 1.82) is 0 Å². The van der Waals surface area contributed by atoms with E-state index in [-0.39, 0.29) is 0 Å². The molecule has 0 bridgehead atoms. The van der Waals surface area contributed by atoms with Gasteiger partial charge in [0.05, 0.1) is 17.4 Å². The van der Waals surface area contributed by atoms with Crippen LogP contribution in [0.5, 0.6) is 0 Å². The molecule has 2 aromatic heterocycles. The van der Waals surface area contributed by atoms with Crippen LogP contribution in [0.2, 0.25) is 0 Å². The SMILES string of the molecule is C=C(C)c1[nH]ncc1-c1ccc2ncccc2c1.CC1CCCNCC1. The quantitative estimate of drug-likeness (QED) is 0.681. The lowest BCUT2D eigenvalue weighted by Crippen LogP contribution is -2.13. The van der Waals surface area contributed by atoms with Gasteiger partial charge in [-0.1, -0.05) is 25.6 Å². The van der Waals surface area contributed by atoms with Gasteiger partial charge in [0.15, 0.2) is 0 Å². The van der Waals surface area contributed by atoms with Crippen LogP contribution in [0.25, 0.3) is 27.6 Å². The molecule has 1 aliphatic heterocycles. The standard InChI is InChI=1S/C15H13N3.C7H15N/c1-10(2)15-13(9-17-18-15)11-5-6-14-12(8-11)4-3-7-16-14;1-7-3-2-5-8-6-4-7/h3-9H,1H2,2H3,(H,17,18);7-8H,2-6H2,1H3. The molecule has 4 nitrogen and oxygen atoms in total. The van der Waals surface area contributed by atoms with Gasteiger partial charge in [0.1, 0.15) is 0 Å². The van der Waals surface area contributed by atoms with Gasteiger partial charge in [0, 0.05) is 17.1 Å². The summed E-state index contributed by atoms with van der Waals surface area (Å²) >= 11 is 0. The van der Waals surface area contributed by atoms with E-state index in [9.17, 15) is 0 Å². The van der Waals surface area contributed by atoms with Crippen molar-refractivity contribution in [3.05, 3.63) is 55.0 Å². The summed E-state index contributed by atoms with van der Waals surface area (Å²) in [5.41, 5.74) is 5.17. The highest BCUT2D eigenvalue weighted by atomic mass is 15.1. The summed E-state index contributed by atoms with van der Waals surface area (Å²) in [5, 5.41) is 11.6. The highest BCUT2D eigenvalue weighted by molar-refractivity contribution is 5.86. The Morgan fingerprint density at radius 2 is 2.08 bits per heavy atom. The van der Waals surface area contributed by atoms with Crippen LogP contribution in [0.15, 0.2) is 49.3 Å². The van der Waals surface area contributed by atoms with Gasteiger partial charge in [-0.2, -0.15) is 5.10 Å². The minimum absolute atomic E-state index is 0.963. The van der Waals surface area contributed by atoms with Crippen molar-refractivity contribution < 1.29 is 0 Å². The summed E-state index contributed by atoms with van der Waals surface area (Å²) in [6, 6.07) is 10.2. The van der Waals surface area contributed by atoms with Crippen LogP contribution in [-0.4, -0.2) is 28.3 Å². The first-order chi connectivity index (χ1) is 12.6. The maximum atomic E-state index is 4.32. The molecule has 26 heavy (non-hydrogen) atoms. The van der Waals surface area contributed by atoms with E-state index in [0.717, 1.165) is 39.2 Å². The van der Waals surface area contributed by atoms with Crippen molar-refractivity contribution in [2.45, 2.75) is 33.1 Å². The Kier molecular flexibility index (Phi) is 6.18. The summed E-state index contributed by atoms with van der Waals surface area (Å²) in [6.07, 6.45) is 7.81. The molecule has 2 N–H and O–H groups in total. The van der Waals surface area contributed by atoms with E-state index in [2.05, 4.69) is 52.2 Å². The van der Waals surface area contributed by atoms with Crippen LogP contribution in [0, 0.1) is 5.92 Å². The second kappa shape index (κ2) is 8.77. The zero-order valence-corrected chi connectivity index (χ0v) is 15.8. The molecular weight excluding hydrogens is 320 g/mol. The summed E-state index contributed by atoms with van der Waals surface area (Å²) in [4.78, 5) is 4.32. The molecule has 136 valence electrons. The lowest BCUT2D eigenvalue weighted by molar-refractivity contribution is 0.519. The third kappa shape index (κ3) is 4.58. The first-order valence-corrected chi connectivity index (χ1v) is 9.40. The largest absolute Gasteiger partial charge is 0.317 e. The van der Waals surface area contributed by atoms with E-state index in [1.807, 2.05) is 25.3 Å². The number of hydrogen-bond acceptors (Lipinski definition) is 3. The number of allylic oxidation sites excluding steroid dienone is 1. The van der Waals surface area contributed by atoms with E-state index in [1.54, 1.807) is 6.20 Å². The van der Waals surface area contributed by atoms with Gasteiger partial charge < -0.3 is 5.32 Å². The van der Waals surface area contributed by atoms with Crippen molar-refractivity contribution in [3.63, 3.8) is 0 Å². The minimum atomic E-state index is 0.963. The van der Waals surface area contributed by atoms with Gasteiger partial charge in [-0.25, -0.2) is 0 Å². The normalized spacial score (nSPS) is 17.2. The predicted octanol–water partition coefficient (Wildman–Crippen LogP) is 5.05. The molecule has 0 amide bonds. The Morgan fingerprint density at radius 1 is 1.19 bits per heavy atom. The van der Waals surface area contributed by atoms with Crippen LogP contribution in [0.3, 0.4) is 0 Å². The van der Waals surface area contributed by atoms with Crippen molar-refractivity contribution in [2.75, 3.05) is 13.1 Å². The van der Waals surface area contributed by atoms with Crippen LogP contribution in [-0.2, 0) is 0 Å². The number of benzene rings is 1. The third-order valence-electron chi connectivity index (χ3n) is 4.84. The molecule has 1 unspecified atom stereocenters. The molecule has 1 fully saturated rings. The molecule has 0 saturated carbocycles. The Hall–Kier alpha value is -2.46. The lowest BCUT2D eigenvalue weighted by atomic mass is 10.0. The van der Waals surface area contributed by atoms with E-state index in [0.29, 0.717) is 0 Å². The molecule has 1 aromatic carbocycles. The second-order valence-corrected chi connectivity index (χ2v) is 7.14. The van der Waals surface area contributed by atoms with E-state index in [4.69, 9.17) is 0 Å². The number of nitrogens with one attached hydrogen (secondary N) is 2. The highest BCUT2D eigenvalue weighted by Gasteiger charge is 2.08. The van der Waals surface area contributed by atoms with Crippen LogP contribution in [0.1, 0.15) is 38.8 Å². The molecule has 3 heterocycles. The van der Waals surface area contributed by atoms with Crippen molar-refractivity contribution in [3.8, 4) is 11.1 Å². The van der Waals surface area contributed by atoms with E-state index in [1.165, 1.54) is 32.4 Å². The number of hydrogen-bond donors (Lipinski definition) is 2. The summed E-state index contributed by atoms with van der Waals surface area (Å²) in [5.74, 6) is 0.963. The van der Waals surface area contributed by atoms with Crippen molar-refractivity contribution in [1.82, 2.24) is 20.5 Å². The molecule has 4 rings (SSSR count). The van der Waals surface area contributed by atoms with Gasteiger partial charge >= 0.3 is 0 Å². The summed E-state index contributed by atoms with van der Waals surface area (Å²) in [7, 11) is 0. The zero-order valence-electron chi connectivity index (χ0n) is 15.8. The molecule has 4 heteroatoms. The molecule has 1 aliphatic rings. The van der Waals surface area contributed by atoms with Gasteiger partial charge in [-0.3, -0.25) is 10.1 Å². The van der Waals surface area contributed by atoms with Gasteiger partial charge in [0.2, 0.25) is 0 Å². The smallest absolute Gasteiger partial charge is 0.0702 e. The maximum absolute atomic E-state index is 4.32. The first-order valence-electron chi connectivity index (χ1n) is 9.40. The lowest BCUT2D eigenvalue weighted by Gasteiger charge is -2.04. The van der Waals surface area contributed by atoms with E-state index >= 15 is 0 Å². The van der Waals surface area contributed by atoms with Crippen LogP contribution < -0.4 is 5.32 Å². The average molecular weight is 348 g/mol. The minimum Gasteiger partial charge on any atom is -0.317 e. The fourth-order valence-electron chi connectivity index (χ4n) is 3.27. The number of aromatic nitrogens is 3. The summed E-state index contributed by atoms with van der Waals surface area (Å²) < 4.78 is 0. The Labute approximate surface area is 155 Å². The monoisotopic (exact) mass is 348 g/mol. The molecular formula is C22H28N4. The average Bonchev–Trinajstić information content (AvgIpc) is 3.03.